The molecule has 2 rings (SSSR count). The predicted molar refractivity (Wildman–Crippen MR) is 98.9 cm³/mol. The monoisotopic (exact) mass is 361 g/mol. The van der Waals surface area contributed by atoms with Crippen LogP contribution in [0.15, 0.2) is 24.3 Å². The van der Waals surface area contributed by atoms with Crippen molar-refractivity contribution in [2.24, 2.45) is 5.92 Å². The van der Waals surface area contributed by atoms with E-state index in [1.807, 2.05) is 38.1 Å². The van der Waals surface area contributed by atoms with Crippen molar-refractivity contribution in [3.05, 3.63) is 29.8 Å². The lowest BCUT2D eigenvalue weighted by Gasteiger charge is -2.23. The Balaban J connectivity index is 2.06. The van der Waals surface area contributed by atoms with Gasteiger partial charge in [0.2, 0.25) is 11.8 Å². The van der Waals surface area contributed by atoms with Crippen LogP contribution < -0.4 is 16.0 Å². The summed E-state index contributed by atoms with van der Waals surface area (Å²) < 4.78 is 0. The van der Waals surface area contributed by atoms with Gasteiger partial charge in [-0.05, 0) is 30.4 Å². The first-order valence-corrected chi connectivity index (χ1v) is 8.91. The Morgan fingerprint density at radius 1 is 1.19 bits per heavy atom. The summed E-state index contributed by atoms with van der Waals surface area (Å²) in [5.41, 5.74) is 2.07. The molecular formula is C19H27N3O4. The summed E-state index contributed by atoms with van der Waals surface area (Å²) in [6.07, 6.45) is 0.741. The van der Waals surface area contributed by atoms with Crippen molar-refractivity contribution in [1.82, 2.24) is 10.6 Å². The Hall–Kier alpha value is -2.57. The van der Waals surface area contributed by atoms with Crippen molar-refractivity contribution >= 4 is 23.5 Å². The first-order valence-electron chi connectivity index (χ1n) is 8.91. The average Bonchev–Trinajstić information content (AvgIpc) is 2.95. The van der Waals surface area contributed by atoms with Gasteiger partial charge in [-0.3, -0.25) is 9.59 Å². The van der Waals surface area contributed by atoms with E-state index < -0.39 is 24.0 Å². The molecule has 3 atom stereocenters. The van der Waals surface area contributed by atoms with Crippen LogP contribution in [0.4, 0.5) is 5.69 Å². The van der Waals surface area contributed by atoms with Crippen LogP contribution in [-0.2, 0) is 14.4 Å². The highest BCUT2D eigenvalue weighted by atomic mass is 16.4. The lowest BCUT2D eigenvalue weighted by atomic mass is 9.93. The molecule has 0 fully saturated rings. The Morgan fingerprint density at radius 3 is 2.50 bits per heavy atom. The fraction of sp³-hybridized carbons (Fsp3) is 0.526. The number of carboxylic acids is 1. The van der Waals surface area contributed by atoms with Gasteiger partial charge >= 0.3 is 5.97 Å². The normalized spacial score (nSPS) is 17.8. The number of fused-ring (bicyclic) bond motifs is 1. The van der Waals surface area contributed by atoms with Crippen LogP contribution in [0.2, 0.25) is 0 Å². The summed E-state index contributed by atoms with van der Waals surface area (Å²) in [5.74, 6) is -1.65. The molecule has 1 aromatic rings. The molecule has 2 amide bonds. The molecule has 7 heteroatoms. The maximum atomic E-state index is 12.5. The fourth-order valence-electron chi connectivity index (χ4n) is 3.29. The molecule has 1 aliphatic rings. The molecular weight excluding hydrogens is 334 g/mol. The summed E-state index contributed by atoms with van der Waals surface area (Å²) >= 11 is 0. The minimum atomic E-state index is -1.08. The standard InChI is InChI=1S/C19H27N3O4/c1-11(2)8-16(21-12(3)23)18(24)22-17(19(25)26)9-13-10-20-15-7-5-4-6-14(13)15/h4-7,11,13,16-17,20H,8-10H2,1-3H3,(H,21,23)(H,22,24)(H,25,26). The molecule has 1 aromatic carbocycles. The highest BCUT2D eigenvalue weighted by Gasteiger charge is 2.31. The second-order valence-corrected chi connectivity index (χ2v) is 7.18. The number of rotatable bonds is 8. The number of nitrogens with one attached hydrogen (secondary N) is 3. The number of anilines is 1. The number of benzene rings is 1. The van der Waals surface area contributed by atoms with E-state index in [1.165, 1.54) is 6.92 Å². The van der Waals surface area contributed by atoms with Gasteiger partial charge in [-0.25, -0.2) is 4.79 Å². The third kappa shape index (κ3) is 5.21. The molecule has 26 heavy (non-hydrogen) atoms. The number of aliphatic carboxylic acids is 1. The second kappa shape index (κ2) is 8.69. The summed E-state index contributed by atoms with van der Waals surface area (Å²) in [4.78, 5) is 35.6. The molecule has 0 saturated heterocycles. The molecule has 0 spiro atoms. The Morgan fingerprint density at radius 2 is 1.88 bits per heavy atom. The van der Waals surface area contributed by atoms with Crippen molar-refractivity contribution in [2.75, 3.05) is 11.9 Å². The summed E-state index contributed by atoms with van der Waals surface area (Å²) in [5, 5.41) is 18.0. The van der Waals surface area contributed by atoms with Crippen LogP contribution in [0, 0.1) is 5.92 Å². The smallest absolute Gasteiger partial charge is 0.326 e. The number of carboxylic acid groups (broad SMARTS) is 1. The van der Waals surface area contributed by atoms with Crippen LogP contribution in [0.1, 0.15) is 45.1 Å². The maximum absolute atomic E-state index is 12.5. The number of hydrogen-bond acceptors (Lipinski definition) is 4. The Kier molecular flexibility index (Phi) is 6.60. The molecule has 7 nitrogen and oxygen atoms in total. The van der Waals surface area contributed by atoms with Crippen LogP contribution >= 0.6 is 0 Å². The van der Waals surface area contributed by atoms with E-state index in [1.54, 1.807) is 0 Å². The van der Waals surface area contributed by atoms with E-state index in [2.05, 4.69) is 16.0 Å². The van der Waals surface area contributed by atoms with Crippen LogP contribution in [0.3, 0.4) is 0 Å². The molecule has 0 bridgehead atoms. The molecule has 3 unspecified atom stereocenters. The van der Waals surface area contributed by atoms with Gasteiger partial charge in [0.15, 0.2) is 0 Å². The van der Waals surface area contributed by atoms with Crippen molar-refractivity contribution in [2.45, 2.75) is 51.6 Å². The van der Waals surface area contributed by atoms with Crippen LogP contribution in [0.5, 0.6) is 0 Å². The van der Waals surface area contributed by atoms with E-state index in [4.69, 9.17) is 0 Å². The molecule has 142 valence electrons. The minimum Gasteiger partial charge on any atom is -0.480 e. The van der Waals surface area contributed by atoms with Gasteiger partial charge in [0.25, 0.3) is 0 Å². The largest absolute Gasteiger partial charge is 0.480 e. The quantitative estimate of drug-likeness (QED) is 0.564. The Bertz CT molecular complexity index is 675. The molecule has 1 heterocycles. The predicted octanol–water partition coefficient (Wildman–Crippen LogP) is 1.71. The van der Waals surface area contributed by atoms with Gasteiger partial charge in [-0.15, -0.1) is 0 Å². The number of carbonyl (C=O) groups is 3. The number of amides is 2. The molecule has 0 aliphatic carbocycles. The van der Waals surface area contributed by atoms with E-state index in [0.717, 1.165) is 11.3 Å². The summed E-state index contributed by atoms with van der Waals surface area (Å²) in [7, 11) is 0. The SMILES string of the molecule is CC(=O)NC(CC(C)C)C(=O)NC(CC1CNc2ccccc21)C(=O)O. The van der Waals surface area contributed by atoms with E-state index in [0.29, 0.717) is 19.4 Å². The van der Waals surface area contributed by atoms with Gasteiger partial charge < -0.3 is 21.1 Å². The van der Waals surface area contributed by atoms with Gasteiger partial charge in [0.05, 0.1) is 0 Å². The summed E-state index contributed by atoms with van der Waals surface area (Å²) in [6, 6.07) is 6.03. The average molecular weight is 361 g/mol. The third-order valence-corrected chi connectivity index (χ3v) is 4.48. The first-order chi connectivity index (χ1) is 12.3. The molecule has 0 aromatic heterocycles. The second-order valence-electron chi connectivity index (χ2n) is 7.18. The highest BCUT2D eigenvalue weighted by molar-refractivity contribution is 5.90. The van der Waals surface area contributed by atoms with Gasteiger partial charge in [0.1, 0.15) is 12.1 Å². The van der Waals surface area contributed by atoms with Crippen molar-refractivity contribution < 1.29 is 19.5 Å². The van der Waals surface area contributed by atoms with Crippen molar-refractivity contribution in [1.29, 1.82) is 0 Å². The van der Waals surface area contributed by atoms with Gasteiger partial charge in [-0.2, -0.15) is 0 Å². The first kappa shape index (κ1) is 19.8. The third-order valence-electron chi connectivity index (χ3n) is 4.48. The lowest BCUT2D eigenvalue weighted by Crippen LogP contribution is -2.52. The Labute approximate surface area is 153 Å². The maximum Gasteiger partial charge on any atom is 0.326 e. The highest BCUT2D eigenvalue weighted by Crippen LogP contribution is 2.34. The number of para-hydroxylation sites is 1. The molecule has 0 saturated carbocycles. The number of hydrogen-bond donors (Lipinski definition) is 4. The zero-order valence-electron chi connectivity index (χ0n) is 15.4. The van der Waals surface area contributed by atoms with Gasteiger partial charge in [-0.1, -0.05) is 32.0 Å². The number of carbonyl (C=O) groups excluding carboxylic acids is 2. The minimum absolute atomic E-state index is 0.0110. The molecule has 1 aliphatic heterocycles. The van der Waals surface area contributed by atoms with Crippen molar-refractivity contribution in [3.63, 3.8) is 0 Å². The van der Waals surface area contributed by atoms with E-state index in [-0.39, 0.29) is 17.7 Å². The van der Waals surface area contributed by atoms with Crippen LogP contribution in [-0.4, -0.2) is 41.5 Å². The zero-order valence-corrected chi connectivity index (χ0v) is 15.4. The zero-order chi connectivity index (χ0) is 19.3. The van der Waals surface area contributed by atoms with Crippen LogP contribution in [0.25, 0.3) is 0 Å². The molecule has 0 radical (unpaired) electrons. The fourth-order valence-corrected chi connectivity index (χ4v) is 3.29. The van der Waals surface area contributed by atoms with E-state index in [9.17, 15) is 19.5 Å². The molecule has 4 N–H and O–H groups in total. The summed E-state index contributed by atoms with van der Waals surface area (Å²) in [6.45, 7) is 5.87. The topological polar surface area (TPSA) is 108 Å². The van der Waals surface area contributed by atoms with Gasteiger partial charge in [0, 0.05) is 25.1 Å². The van der Waals surface area contributed by atoms with E-state index >= 15 is 0 Å². The van der Waals surface area contributed by atoms with Crippen molar-refractivity contribution in [3.8, 4) is 0 Å². The lowest BCUT2D eigenvalue weighted by molar-refractivity contribution is -0.142.